The number of aryl methyl sites for hydroxylation is 1. The second-order valence-electron chi connectivity index (χ2n) is 7.30. The Balaban J connectivity index is 1.60. The molecule has 2 aliphatic rings. The minimum atomic E-state index is -3.81. The summed E-state index contributed by atoms with van der Waals surface area (Å²) < 4.78 is 33.6. The monoisotopic (exact) mass is 434 g/mol. The van der Waals surface area contributed by atoms with Gasteiger partial charge < -0.3 is 10.1 Å². The van der Waals surface area contributed by atoms with Crippen LogP contribution in [0.2, 0.25) is 5.02 Å². The number of para-hydroxylation sites is 1. The minimum absolute atomic E-state index is 0.00510. The van der Waals surface area contributed by atoms with Gasteiger partial charge in [0.25, 0.3) is 15.9 Å². The summed E-state index contributed by atoms with van der Waals surface area (Å²) in [6.07, 6.45) is 3.47. The number of amides is 1. The molecule has 0 saturated carbocycles. The molecule has 1 atom stereocenters. The third kappa shape index (κ3) is 4.13. The summed E-state index contributed by atoms with van der Waals surface area (Å²) in [5.74, 6) is -0.401. The van der Waals surface area contributed by atoms with Crippen LogP contribution < -0.4 is 9.62 Å². The van der Waals surface area contributed by atoms with Crippen molar-refractivity contribution in [3.8, 4) is 0 Å². The first-order chi connectivity index (χ1) is 14.0. The summed E-state index contributed by atoms with van der Waals surface area (Å²) in [5, 5.41) is 3.01. The zero-order chi connectivity index (χ0) is 20.4. The van der Waals surface area contributed by atoms with Gasteiger partial charge in [0, 0.05) is 19.7 Å². The number of ether oxygens (including phenoxy) is 1. The molecule has 6 nitrogen and oxygen atoms in total. The van der Waals surface area contributed by atoms with E-state index in [4.69, 9.17) is 16.3 Å². The first-order valence-electron chi connectivity index (χ1n) is 9.77. The molecular formula is C21H23ClN2O4S. The highest BCUT2D eigenvalue weighted by Crippen LogP contribution is 2.32. The average molecular weight is 435 g/mol. The maximum Gasteiger partial charge on any atom is 0.264 e. The predicted molar refractivity (Wildman–Crippen MR) is 112 cm³/mol. The molecule has 1 N–H and O–H groups in total. The van der Waals surface area contributed by atoms with Crippen molar-refractivity contribution in [2.24, 2.45) is 0 Å². The molecule has 1 amide bonds. The molecule has 0 unspecified atom stereocenters. The lowest BCUT2D eigenvalue weighted by Crippen LogP contribution is -2.36. The number of hydrogen-bond acceptors (Lipinski definition) is 4. The lowest BCUT2D eigenvalue weighted by atomic mass is 10.0. The fourth-order valence-electron chi connectivity index (χ4n) is 3.82. The van der Waals surface area contributed by atoms with Crippen molar-refractivity contribution in [2.75, 3.05) is 24.0 Å². The van der Waals surface area contributed by atoms with Gasteiger partial charge in [-0.25, -0.2) is 8.42 Å². The fourth-order valence-corrected chi connectivity index (χ4v) is 5.59. The summed E-state index contributed by atoms with van der Waals surface area (Å²) in [5.41, 5.74) is 1.85. The van der Waals surface area contributed by atoms with Gasteiger partial charge in [-0.1, -0.05) is 29.8 Å². The quantitative estimate of drug-likeness (QED) is 0.782. The maximum atomic E-state index is 13.3. The Kier molecular flexibility index (Phi) is 5.81. The molecule has 0 bridgehead atoms. The summed E-state index contributed by atoms with van der Waals surface area (Å²) in [6.45, 7) is 1.49. The van der Waals surface area contributed by atoms with Crippen LogP contribution in [0.15, 0.2) is 47.4 Å². The van der Waals surface area contributed by atoms with Crippen molar-refractivity contribution in [1.29, 1.82) is 0 Å². The van der Waals surface area contributed by atoms with Gasteiger partial charge >= 0.3 is 0 Å². The van der Waals surface area contributed by atoms with Gasteiger partial charge in [0.15, 0.2) is 0 Å². The Bertz CT molecular complexity index is 1020. The number of anilines is 1. The smallest absolute Gasteiger partial charge is 0.264 e. The van der Waals surface area contributed by atoms with Gasteiger partial charge in [-0.15, -0.1) is 0 Å². The first kappa shape index (κ1) is 20.2. The number of carbonyl (C=O) groups is 1. The van der Waals surface area contributed by atoms with Crippen molar-refractivity contribution in [3.63, 3.8) is 0 Å². The van der Waals surface area contributed by atoms with Crippen molar-refractivity contribution in [3.05, 3.63) is 58.6 Å². The predicted octanol–water partition coefficient (Wildman–Crippen LogP) is 3.39. The van der Waals surface area contributed by atoms with Crippen LogP contribution in [0.4, 0.5) is 5.69 Å². The molecule has 29 heavy (non-hydrogen) atoms. The standard InChI is InChI=1S/C21H23ClN2O4S/c22-19-10-9-17(13-18(19)21(25)23-14-16-7-4-12-28-16)29(26,27)24-11-3-6-15-5-1-2-8-20(15)24/h1-2,5,8-10,13,16H,3-4,6-7,11-12,14H2,(H,23,25)/t16-/m0/s1. The molecule has 1 fully saturated rings. The van der Waals surface area contributed by atoms with E-state index < -0.39 is 15.9 Å². The number of carbonyl (C=O) groups excluding carboxylic acids is 1. The highest BCUT2D eigenvalue weighted by molar-refractivity contribution is 7.92. The maximum absolute atomic E-state index is 13.3. The summed E-state index contributed by atoms with van der Waals surface area (Å²) >= 11 is 6.20. The van der Waals surface area contributed by atoms with Crippen molar-refractivity contribution < 1.29 is 17.9 Å². The Morgan fingerprint density at radius 2 is 2.03 bits per heavy atom. The molecule has 4 rings (SSSR count). The van der Waals surface area contributed by atoms with Gasteiger partial charge in [0.1, 0.15) is 0 Å². The molecule has 2 aliphatic heterocycles. The molecule has 0 spiro atoms. The topological polar surface area (TPSA) is 75.7 Å². The average Bonchev–Trinajstić information content (AvgIpc) is 3.25. The van der Waals surface area contributed by atoms with Crippen LogP contribution in [-0.4, -0.2) is 40.1 Å². The van der Waals surface area contributed by atoms with Gasteiger partial charge in [-0.3, -0.25) is 9.10 Å². The molecule has 0 radical (unpaired) electrons. The molecule has 1 saturated heterocycles. The number of nitrogens with one attached hydrogen (secondary N) is 1. The van der Waals surface area contributed by atoms with Crippen LogP contribution in [0, 0.1) is 0 Å². The zero-order valence-electron chi connectivity index (χ0n) is 15.9. The number of hydrogen-bond donors (Lipinski definition) is 1. The van der Waals surface area contributed by atoms with Crippen molar-refractivity contribution >= 4 is 33.2 Å². The number of nitrogens with zero attached hydrogens (tertiary/aromatic N) is 1. The second-order valence-corrected chi connectivity index (χ2v) is 9.57. The largest absolute Gasteiger partial charge is 0.376 e. The number of fused-ring (bicyclic) bond motifs is 1. The highest BCUT2D eigenvalue weighted by Gasteiger charge is 2.30. The molecule has 2 aromatic carbocycles. The molecule has 0 aromatic heterocycles. The number of sulfonamides is 1. The van der Waals surface area contributed by atoms with E-state index in [1.165, 1.54) is 22.5 Å². The first-order valence-corrected chi connectivity index (χ1v) is 11.6. The van der Waals surface area contributed by atoms with Crippen LogP contribution in [-0.2, 0) is 21.2 Å². The van der Waals surface area contributed by atoms with Crippen molar-refractivity contribution in [1.82, 2.24) is 5.32 Å². The molecule has 2 aromatic rings. The lowest BCUT2D eigenvalue weighted by Gasteiger charge is -2.30. The van der Waals surface area contributed by atoms with E-state index >= 15 is 0 Å². The van der Waals surface area contributed by atoms with E-state index in [-0.39, 0.29) is 21.6 Å². The van der Waals surface area contributed by atoms with E-state index in [1.54, 1.807) is 0 Å². The molecule has 8 heteroatoms. The Hall–Kier alpha value is -2.09. The number of rotatable bonds is 5. The molecule has 0 aliphatic carbocycles. The van der Waals surface area contributed by atoms with E-state index in [1.807, 2.05) is 24.3 Å². The number of benzene rings is 2. The van der Waals surface area contributed by atoms with Gasteiger partial charge in [0.05, 0.1) is 27.3 Å². The molecule has 2 heterocycles. The van der Waals surface area contributed by atoms with Gasteiger partial charge in [0.2, 0.25) is 0 Å². The van der Waals surface area contributed by atoms with Gasteiger partial charge in [-0.05, 0) is 55.5 Å². The third-order valence-corrected chi connectivity index (χ3v) is 7.49. The van der Waals surface area contributed by atoms with Gasteiger partial charge in [-0.2, -0.15) is 0 Å². The summed E-state index contributed by atoms with van der Waals surface area (Å²) in [6, 6.07) is 11.8. The van der Waals surface area contributed by atoms with E-state index in [9.17, 15) is 13.2 Å². The van der Waals surface area contributed by atoms with E-state index in [2.05, 4.69) is 5.32 Å². The van der Waals surface area contributed by atoms with Crippen molar-refractivity contribution in [2.45, 2.75) is 36.7 Å². The Morgan fingerprint density at radius 3 is 2.83 bits per heavy atom. The minimum Gasteiger partial charge on any atom is -0.376 e. The molecular weight excluding hydrogens is 412 g/mol. The normalized spacial score (nSPS) is 19.1. The van der Waals surface area contributed by atoms with Crippen LogP contribution >= 0.6 is 11.6 Å². The fraction of sp³-hybridized carbons (Fsp3) is 0.381. The number of halogens is 1. The molecule has 154 valence electrons. The SMILES string of the molecule is O=C(NC[C@@H]1CCCO1)c1cc(S(=O)(=O)N2CCCc3ccccc32)ccc1Cl. The Morgan fingerprint density at radius 1 is 1.21 bits per heavy atom. The van der Waals surface area contributed by atoms with Crippen LogP contribution in [0.3, 0.4) is 0 Å². The highest BCUT2D eigenvalue weighted by atomic mass is 35.5. The van der Waals surface area contributed by atoms with Crippen LogP contribution in [0.25, 0.3) is 0 Å². The lowest BCUT2D eigenvalue weighted by molar-refractivity contribution is 0.0857. The zero-order valence-corrected chi connectivity index (χ0v) is 17.5. The summed E-state index contributed by atoms with van der Waals surface area (Å²) in [4.78, 5) is 12.7. The summed E-state index contributed by atoms with van der Waals surface area (Å²) in [7, 11) is -3.81. The van der Waals surface area contributed by atoms with E-state index in [0.717, 1.165) is 31.2 Å². The van der Waals surface area contributed by atoms with E-state index in [0.29, 0.717) is 25.4 Å². The van der Waals surface area contributed by atoms with Crippen LogP contribution in [0.5, 0.6) is 0 Å². The Labute approximate surface area is 175 Å². The third-order valence-electron chi connectivity index (χ3n) is 5.35. The van der Waals surface area contributed by atoms with Crippen LogP contribution in [0.1, 0.15) is 35.2 Å². The second kappa shape index (κ2) is 8.34.